The summed E-state index contributed by atoms with van der Waals surface area (Å²) in [6, 6.07) is 15.3. The number of methoxy groups -OCH3 is 1. The lowest BCUT2D eigenvalue weighted by atomic mass is 9.98. The van der Waals surface area contributed by atoms with Crippen molar-refractivity contribution in [2.24, 2.45) is 17.8 Å². The van der Waals surface area contributed by atoms with Crippen LogP contribution in [0.25, 0.3) is 11.1 Å². The van der Waals surface area contributed by atoms with Gasteiger partial charge in [0.05, 0.1) is 12.0 Å². The number of nitrogens with one attached hydrogen (secondary N) is 1. The van der Waals surface area contributed by atoms with Gasteiger partial charge in [0, 0.05) is 26.1 Å². The molecule has 2 aromatic carbocycles. The number of alkyl carbamates (subject to hydrolysis) is 1. The molecule has 2 aliphatic carbocycles. The minimum atomic E-state index is -0.922. The molecule has 0 bridgehead atoms. The second-order valence-electron chi connectivity index (χ2n) is 9.65. The largest absolute Gasteiger partial charge is 0.481 e. The van der Waals surface area contributed by atoms with Crippen LogP contribution in [0.4, 0.5) is 4.79 Å². The van der Waals surface area contributed by atoms with E-state index in [4.69, 9.17) is 9.47 Å². The van der Waals surface area contributed by atoms with E-state index in [9.17, 15) is 19.5 Å². The minimum absolute atomic E-state index is 0.0156. The molecule has 5 rings (SSSR count). The normalized spacial score (nSPS) is 23.9. The molecule has 0 radical (unpaired) electrons. The van der Waals surface area contributed by atoms with Gasteiger partial charge < -0.3 is 24.8 Å². The van der Waals surface area contributed by atoms with Crippen LogP contribution in [0, 0.1) is 17.8 Å². The molecule has 8 nitrogen and oxygen atoms in total. The second-order valence-corrected chi connectivity index (χ2v) is 9.65. The topological polar surface area (TPSA) is 105 Å². The van der Waals surface area contributed by atoms with Crippen LogP contribution in [0.5, 0.6) is 0 Å². The zero-order valence-electron chi connectivity index (χ0n) is 19.8. The number of ether oxygens (including phenoxy) is 2. The molecule has 184 valence electrons. The first-order valence-electron chi connectivity index (χ1n) is 12.1. The molecule has 2 N–H and O–H groups in total. The number of likely N-dealkylation sites (tertiary alicyclic amines) is 1. The fourth-order valence-electron chi connectivity index (χ4n) is 5.78. The van der Waals surface area contributed by atoms with Crippen LogP contribution >= 0.6 is 0 Å². The van der Waals surface area contributed by atoms with Gasteiger partial charge in [0.2, 0.25) is 5.91 Å². The molecular weight excluding hydrogens is 448 g/mol. The molecule has 8 heteroatoms. The molecule has 3 unspecified atom stereocenters. The van der Waals surface area contributed by atoms with Crippen molar-refractivity contribution in [2.75, 3.05) is 26.8 Å². The highest BCUT2D eigenvalue weighted by atomic mass is 16.5. The highest BCUT2D eigenvalue weighted by Crippen LogP contribution is 2.51. The molecule has 1 aliphatic heterocycles. The molecule has 2 aromatic rings. The molecule has 0 aromatic heterocycles. The molecule has 2 fully saturated rings. The van der Waals surface area contributed by atoms with Crippen molar-refractivity contribution in [1.29, 1.82) is 0 Å². The monoisotopic (exact) mass is 478 g/mol. The van der Waals surface area contributed by atoms with Gasteiger partial charge in [-0.1, -0.05) is 48.5 Å². The van der Waals surface area contributed by atoms with Gasteiger partial charge in [0.25, 0.3) is 0 Å². The molecule has 35 heavy (non-hydrogen) atoms. The van der Waals surface area contributed by atoms with Gasteiger partial charge in [-0.2, -0.15) is 0 Å². The minimum Gasteiger partial charge on any atom is -0.481 e. The Morgan fingerprint density at radius 2 is 1.69 bits per heavy atom. The molecule has 3 aliphatic rings. The molecule has 5 atom stereocenters. The van der Waals surface area contributed by atoms with Crippen LogP contribution in [-0.2, 0) is 19.1 Å². The van der Waals surface area contributed by atoms with Gasteiger partial charge in [0.1, 0.15) is 12.6 Å². The van der Waals surface area contributed by atoms with Gasteiger partial charge in [-0.15, -0.1) is 0 Å². The first kappa shape index (κ1) is 23.4. The summed E-state index contributed by atoms with van der Waals surface area (Å²) in [5.41, 5.74) is 4.50. The number of hydrogen-bond acceptors (Lipinski definition) is 5. The third-order valence-corrected chi connectivity index (χ3v) is 7.82. The SMILES string of the molecule is COC(C)C(NC(=O)OCC1c2ccccc2-c2ccccc21)C(=O)N1CC[C@@H]2C(C(=O)O)[C@@H]2C1. The lowest BCUT2D eigenvalue weighted by molar-refractivity contribution is -0.140. The number of fused-ring (bicyclic) bond motifs is 4. The van der Waals surface area contributed by atoms with Crippen LogP contribution in [0.2, 0.25) is 0 Å². The predicted octanol–water partition coefficient (Wildman–Crippen LogP) is 3.11. The molecule has 2 amide bonds. The maximum Gasteiger partial charge on any atom is 0.407 e. The number of piperidine rings is 1. The Kier molecular flexibility index (Phi) is 6.23. The van der Waals surface area contributed by atoms with E-state index in [2.05, 4.69) is 17.4 Å². The Bertz CT molecular complexity index is 1100. The summed E-state index contributed by atoms with van der Waals surface area (Å²) in [7, 11) is 1.48. The van der Waals surface area contributed by atoms with E-state index in [1.807, 2.05) is 36.4 Å². The number of amides is 2. The van der Waals surface area contributed by atoms with Crippen molar-refractivity contribution >= 4 is 18.0 Å². The second kappa shape index (κ2) is 9.34. The van der Waals surface area contributed by atoms with Crippen molar-refractivity contribution < 1.29 is 29.0 Å². The summed E-state index contributed by atoms with van der Waals surface area (Å²) in [5.74, 6) is -1.40. The Morgan fingerprint density at radius 3 is 2.29 bits per heavy atom. The number of carbonyl (C=O) groups is 3. The quantitative estimate of drug-likeness (QED) is 0.634. The summed E-state index contributed by atoms with van der Waals surface area (Å²) in [4.78, 5) is 39.1. The zero-order valence-corrected chi connectivity index (χ0v) is 19.8. The highest BCUT2D eigenvalue weighted by Gasteiger charge is 2.57. The fourth-order valence-corrected chi connectivity index (χ4v) is 5.78. The van der Waals surface area contributed by atoms with Crippen molar-refractivity contribution in [3.05, 3.63) is 59.7 Å². The van der Waals surface area contributed by atoms with Crippen LogP contribution in [0.1, 0.15) is 30.4 Å². The molecule has 0 spiro atoms. The number of hydrogen-bond donors (Lipinski definition) is 2. The third-order valence-electron chi connectivity index (χ3n) is 7.82. The van der Waals surface area contributed by atoms with Crippen molar-refractivity contribution in [1.82, 2.24) is 10.2 Å². The van der Waals surface area contributed by atoms with E-state index in [0.29, 0.717) is 19.5 Å². The zero-order chi connectivity index (χ0) is 24.7. The van der Waals surface area contributed by atoms with Crippen molar-refractivity contribution in [2.45, 2.75) is 31.4 Å². The van der Waals surface area contributed by atoms with Gasteiger partial charge in [-0.05, 0) is 47.4 Å². The average molecular weight is 479 g/mol. The number of carboxylic acids is 1. The number of rotatable bonds is 7. The summed E-state index contributed by atoms with van der Waals surface area (Å²) >= 11 is 0. The highest BCUT2D eigenvalue weighted by molar-refractivity contribution is 5.87. The van der Waals surface area contributed by atoms with Crippen molar-refractivity contribution in [3.8, 4) is 11.1 Å². The van der Waals surface area contributed by atoms with E-state index in [1.165, 1.54) is 7.11 Å². The van der Waals surface area contributed by atoms with Crippen LogP contribution in [-0.4, -0.2) is 66.9 Å². The van der Waals surface area contributed by atoms with Gasteiger partial charge >= 0.3 is 12.1 Å². The maximum absolute atomic E-state index is 13.3. The summed E-state index contributed by atoms with van der Waals surface area (Å²) < 4.78 is 11.0. The smallest absolute Gasteiger partial charge is 0.407 e. The molecule has 1 saturated carbocycles. The van der Waals surface area contributed by atoms with E-state index in [1.54, 1.807) is 11.8 Å². The fraction of sp³-hybridized carbons (Fsp3) is 0.444. The lowest BCUT2D eigenvalue weighted by Crippen LogP contribution is -2.55. The Morgan fingerprint density at radius 1 is 1.06 bits per heavy atom. The van der Waals surface area contributed by atoms with E-state index < -0.39 is 24.2 Å². The van der Waals surface area contributed by atoms with Crippen LogP contribution in [0.15, 0.2) is 48.5 Å². The first-order chi connectivity index (χ1) is 16.9. The Labute approximate surface area is 204 Å². The van der Waals surface area contributed by atoms with Crippen LogP contribution < -0.4 is 5.32 Å². The molecule has 1 saturated heterocycles. The third kappa shape index (κ3) is 4.27. The number of nitrogens with zero attached hydrogens (tertiary/aromatic N) is 1. The standard InChI is InChI=1S/C27H30N2O6/c1-15(34-2)24(25(30)29-12-11-20-21(13-29)23(20)26(31)32)28-27(33)35-14-22-18-9-5-3-7-16(18)17-8-4-6-10-19(17)22/h3-10,15,20-24H,11-14H2,1-2H3,(H,28,33)(H,31,32)/t15?,20-,21+,23?,24?/m0/s1. The first-order valence-corrected chi connectivity index (χ1v) is 12.1. The Hall–Kier alpha value is -3.39. The number of benzene rings is 2. The molecule has 1 heterocycles. The number of carbonyl (C=O) groups excluding carboxylic acids is 2. The van der Waals surface area contributed by atoms with Crippen molar-refractivity contribution in [3.63, 3.8) is 0 Å². The lowest BCUT2D eigenvalue weighted by Gasteiger charge is -2.32. The van der Waals surface area contributed by atoms with E-state index >= 15 is 0 Å². The number of carboxylic acid groups (broad SMARTS) is 1. The molecular formula is C27H30N2O6. The average Bonchev–Trinajstić information content (AvgIpc) is 3.52. The van der Waals surface area contributed by atoms with Gasteiger partial charge in [-0.3, -0.25) is 9.59 Å². The summed E-state index contributed by atoms with van der Waals surface area (Å²) in [6.45, 7) is 2.73. The van der Waals surface area contributed by atoms with Gasteiger partial charge in [0.15, 0.2) is 0 Å². The number of aliphatic carboxylic acids is 1. The maximum atomic E-state index is 13.3. The van der Waals surface area contributed by atoms with E-state index in [0.717, 1.165) is 22.3 Å². The summed E-state index contributed by atoms with van der Waals surface area (Å²) in [5, 5.41) is 12.0. The van der Waals surface area contributed by atoms with E-state index in [-0.39, 0.29) is 36.2 Å². The summed E-state index contributed by atoms with van der Waals surface area (Å²) in [6.07, 6.45) is -0.596. The van der Waals surface area contributed by atoms with Gasteiger partial charge in [-0.25, -0.2) is 4.79 Å². The van der Waals surface area contributed by atoms with Crippen LogP contribution in [0.3, 0.4) is 0 Å². The Balaban J connectivity index is 1.24. The predicted molar refractivity (Wildman–Crippen MR) is 128 cm³/mol.